The zero-order valence-corrected chi connectivity index (χ0v) is 16.7. The summed E-state index contributed by atoms with van der Waals surface area (Å²) in [5.41, 5.74) is 12.1. The normalized spacial score (nSPS) is 15.3. The number of aromatic nitrogens is 1. The van der Waals surface area contributed by atoms with Crippen molar-refractivity contribution in [2.24, 2.45) is 16.0 Å². The molecule has 1 amide bonds. The lowest BCUT2D eigenvalue weighted by molar-refractivity contribution is -0.135. The first kappa shape index (κ1) is 21.3. The molecule has 30 heavy (non-hydrogen) atoms. The number of pyridine rings is 1. The van der Waals surface area contributed by atoms with Gasteiger partial charge in [0.05, 0.1) is 12.6 Å². The van der Waals surface area contributed by atoms with Crippen molar-refractivity contribution < 1.29 is 14.3 Å². The molecule has 0 spiro atoms. The van der Waals surface area contributed by atoms with E-state index in [-0.39, 0.29) is 30.1 Å². The van der Waals surface area contributed by atoms with E-state index in [1.807, 2.05) is 0 Å². The van der Waals surface area contributed by atoms with Gasteiger partial charge in [-0.1, -0.05) is 12.1 Å². The second kappa shape index (κ2) is 9.90. The molecule has 10 heteroatoms. The predicted molar refractivity (Wildman–Crippen MR) is 113 cm³/mol. The quantitative estimate of drug-likeness (QED) is 0.360. The van der Waals surface area contributed by atoms with Gasteiger partial charge in [0.2, 0.25) is 5.91 Å². The van der Waals surface area contributed by atoms with Gasteiger partial charge in [0.15, 0.2) is 11.6 Å². The lowest BCUT2D eigenvalue weighted by Crippen LogP contribution is -2.32. The number of amides is 1. The van der Waals surface area contributed by atoms with Crippen LogP contribution in [0.1, 0.15) is 19.8 Å². The van der Waals surface area contributed by atoms with Crippen LogP contribution in [0.3, 0.4) is 0 Å². The Morgan fingerprint density at radius 3 is 2.57 bits per heavy atom. The molecule has 5 N–H and O–H groups in total. The minimum atomic E-state index is -0.669. The van der Waals surface area contributed by atoms with Gasteiger partial charge in [-0.15, -0.1) is 10.2 Å². The summed E-state index contributed by atoms with van der Waals surface area (Å²) in [5.74, 6) is -0.0385. The minimum Gasteiger partial charge on any atom is -0.423 e. The molecule has 1 aliphatic rings. The molecule has 1 fully saturated rings. The number of hydrogen-bond acceptors (Lipinski definition) is 9. The second-order valence-electron chi connectivity index (χ2n) is 7.00. The van der Waals surface area contributed by atoms with Gasteiger partial charge in [-0.2, -0.15) is 0 Å². The van der Waals surface area contributed by atoms with Crippen molar-refractivity contribution in [3.05, 3.63) is 36.4 Å². The van der Waals surface area contributed by atoms with Crippen molar-refractivity contribution in [1.82, 2.24) is 9.88 Å². The van der Waals surface area contributed by atoms with Crippen molar-refractivity contribution in [2.75, 3.05) is 30.7 Å². The Morgan fingerprint density at radius 1 is 1.17 bits per heavy atom. The van der Waals surface area contributed by atoms with E-state index in [9.17, 15) is 9.59 Å². The van der Waals surface area contributed by atoms with Crippen molar-refractivity contribution in [3.8, 4) is 5.75 Å². The van der Waals surface area contributed by atoms with Crippen molar-refractivity contribution >= 4 is 34.9 Å². The summed E-state index contributed by atoms with van der Waals surface area (Å²) in [6.45, 7) is 3.63. The van der Waals surface area contributed by atoms with Crippen molar-refractivity contribution in [3.63, 3.8) is 0 Å². The molecule has 2 aromatic rings. The van der Waals surface area contributed by atoms with Gasteiger partial charge in [0.1, 0.15) is 17.2 Å². The molecule has 10 nitrogen and oxygen atoms in total. The number of likely N-dealkylation sites (tertiary alicyclic amines) is 1. The third-order valence-corrected chi connectivity index (χ3v) is 4.47. The first-order chi connectivity index (χ1) is 14.4. The number of benzene rings is 1. The summed E-state index contributed by atoms with van der Waals surface area (Å²) in [6.07, 6.45) is 2.20. The molecule has 0 radical (unpaired) electrons. The van der Waals surface area contributed by atoms with Gasteiger partial charge < -0.3 is 21.5 Å². The Bertz CT molecular complexity index is 940. The maximum absolute atomic E-state index is 12.2. The average Bonchev–Trinajstić information content (AvgIpc) is 3.21. The van der Waals surface area contributed by atoms with Gasteiger partial charge in [0.25, 0.3) is 0 Å². The number of esters is 1. The summed E-state index contributed by atoms with van der Waals surface area (Å²) in [6, 6.07) is 9.31. The third-order valence-electron chi connectivity index (χ3n) is 4.47. The Balaban J connectivity index is 1.68. The van der Waals surface area contributed by atoms with Gasteiger partial charge in [-0.25, -0.2) is 4.98 Å². The number of carbonyl (C=O) groups excluding carboxylic acids is 2. The molecule has 0 bridgehead atoms. The number of nitrogens with two attached hydrogens (primary N) is 2. The van der Waals surface area contributed by atoms with Crippen LogP contribution in [0.4, 0.5) is 23.0 Å². The van der Waals surface area contributed by atoms with Gasteiger partial charge in [-0.3, -0.25) is 14.5 Å². The number of nitrogen functional groups attached to an aromatic ring is 1. The second-order valence-corrected chi connectivity index (χ2v) is 7.00. The van der Waals surface area contributed by atoms with Crippen LogP contribution in [0.25, 0.3) is 0 Å². The molecular formula is C20H25N7O3. The molecule has 1 aliphatic heterocycles. The van der Waals surface area contributed by atoms with E-state index >= 15 is 0 Å². The Labute approximate surface area is 174 Å². The number of anilines is 2. The highest BCUT2D eigenvalue weighted by molar-refractivity contribution is 5.93. The third kappa shape index (κ3) is 5.82. The van der Waals surface area contributed by atoms with Crippen LogP contribution in [0.5, 0.6) is 5.75 Å². The number of carbonyl (C=O) groups is 2. The van der Waals surface area contributed by atoms with Crippen LogP contribution in [-0.2, 0) is 9.59 Å². The Hall–Kier alpha value is -3.37. The lowest BCUT2D eigenvalue weighted by atomic mass is 10.3. The van der Waals surface area contributed by atoms with Crippen LogP contribution in [0.2, 0.25) is 0 Å². The highest BCUT2D eigenvalue weighted by atomic mass is 16.5. The number of para-hydroxylation sites is 1. The van der Waals surface area contributed by atoms with E-state index in [4.69, 9.17) is 16.2 Å². The van der Waals surface area contributed by atoms with Gasteiger partial charge in [-0.05, 0) is 57.1 Å². The molecule has 158 valence electrons. The molecule has 0 unspecified atom stereocenters. The Morgan fingerprint density at radius 2 is 1.87 bits per heavy atom. The minimum absolute atomic E-state index is 0.0877. The SMILES string of the molecule is C[C@H](N)C(=O)Nc1ccc(N=Nc2ccccc2OC(=O)CN2CCCC2)c(N)n1. The van der Waals surface area contributed by atoms with E-state index in [2.05, 4.69) is 25.4 Å². The van der Waals surface area contributed by atoms with E-state index in [1.165, 1.54) is 0 Å². The summed E-state index contributed by atoms with van der Waals surface area (Å²) in [4.78, 5) is 30.0. The molecule has 3 rings (SSSR count). The Kier molecular flexibility index (Phi) is 7.04. The lowest BCUT2D eigenvalue weighted by Gasteiger charge is -2.13. The molecule has 0 aliphatic carbocycles. The van der Waals surface area contributed by atoms with E-state index in [0.717, 1.165) is 25.9 Å². The average molecular weight is 411 g/mol. The molecule has 0 saturated carbocycles. The van der Waals surface area contributed by atoms with E-state index in [1.54, 1.807) is 43.3 Å². The molecule has 1 atom stereocenters. The predicted octanol–water partition coefficient (Wildman–Crippen LogP) is 2.37. The zero-order valence-electron chi connectivity index (χ0n) is 16.7. The fourth-order valence-corrected chi connectivity index (χ4v) is 2.87. The molecular weight excluding hydrogens is 386 g/mol. The number of ether oxygens (including phenoxy) is 1. The zero-order chi connectivity index (χ0) is 21.5. The summed E-state index contributed by atoms with van der Waals surface area (Å²) in [7, 11) is 0. The van der Waals surface area contributed by atoms with Gasteiger partial charge >= 0.3 is 5.97 Å². The van der Waals surface area contributed by atoms with Crippen LogP contribution in [-0.4, -0.2) is 47.4 Å². The number of nitrogens with zero attached hydrogens (tertiary/aromatic N) is 4. The largest absolute Gasteiger partial charge is 0.423 e. The van der Waals surface area contributed by atoms with E-state index < -0.39 is 6.04 Å². The highest BCUT2D eigenvalue weighted by Crippen LogP contribution is 2.30. The molecule has 2 heterocycles. The van der Waals surface area contributed by atoms with E-state index in [0.29, 0.717) is 17.1 Å². The maximum Gasteiger partial charge on any atom is 0.325 e. The van der Waals surface area contributed by atoms with Gasteiger partial charge in [0, 0.05) is 0 Å². The number of hydrogen-bond donors (Lipinski definition) is 3. The number of rotatable bonds is 7. The molecule has 1 aromatic carbocycles. The van der Waals surface area contributed by atoms with Crippen LogP contribution < -0.4 is 21.5 Å². The number of azo groups is 1. The van der Waals surface area contributed by atoms with Crippen molar-refractivity contribution in [2.45, 2.75) is 25.8 Å². The standard InChI is InChI=1S/C20H25N7O3/c1-13(21)20(29)24-17-9-8-15(19(22)23-17)26-25-14-6-2-3-7-16(14)30-18(28)12-27-10-4-5-11-27/h2-3,6-9,13H,4-5,10-12,21H2,1H3,(H3,22,23,24,29)/t13-/m0/s1. The summed E-state index contributed by atoms with van der Waals surface area (Å²) < 4.78 is 5.47. The van der Waals surface area contributed by atoms with Crippen LogP contribution in [0, 0.1) is 0 Å². The fraction of sp³-hybridized carbons (Fsp3) is 0.350. The summed E-state index contributed by atoms with van der Waals surface area (Å²) >= 11 is 0. The first-order valence-corrected chi connectivity index (χ1v) is 9.69. The van der Waals surface area contributed by atoms with Crippen LogP contribution >= 0.6 is 0 Å². The number of nitrogens with one attached hydrogen (secondary N) is 1. The van der Waals surface area contributed by atoms with Crippen molar-refractivity contribution in [1.29, 1.82) is 0 Å². The topological polar surface area (TPSA) is 148 Å². The summed E-state index contributed by atoms with van der Waals surface area (Å²) in [5, 5.41) is 10.8. The smallest absolute Gasteiger partial charge is 0.325 e. The fourth-order valence-electron chi connectivity index (χ4n) is 2.87. The first-order valence-electron chi connectivity index (χ1n) is 9.69. The van der Waals surface area contributed by atoms with Crippen LogP contribution in [0.15, 0.2) is 46.6 Å². The molecule has 1 saturated heterocycles. The maximum atomic E-state index is 12.2. The monoisotopic (exact) mass is 411 g/mol. The molecule has 1 aromatic heterocycles. The highest BCUT2D eigenvalue weighted by Gasteiger charge is 2.17.